The van der Waals surface area contributed by atoms with Crippen molar-refractivity contribution >= 4 is 17.2 Å². The van der Waals surface area contributed by atoms with Gasteiger partial charge in [0.2, 0.25) is 0 Å². The maximum atomic E-state index is 11.6. The Balaban J connectivity index is 2.58. The van der Waals surface area contributed by atoms with Gasteiger partial charge in [-0.05, 0) is 18.4 Å². The van der Waals surface area contributed by atoms with Gasteiger partial charge in [-0.3, -0.25) is 4.79 Å². The van der Waals surface area contributed by atoms with E-state index < -0.39 is 0 Å². The molecule has 1 aromatic rings. The van der Waals surface area contributed by atoms with Gasteiger partial charge in [0, 0.05) is 6.54 Å². The van der Waals surface area contributed by atoms with Crippen molar-refractivity contribution in [2.45, 2.75) is 6.92 Å². The predicted octanol–water partition coefficient (Wildman–Crippen LogP) is 1.65. The minimum atomic E-state index is -0.191. The van der Waals surface area contributed by atoms with E-state index >= 15 is 0 Å². The second-order valence-corrected chi connectivity index (χ2v) is 3.97. The fraction of sp³-hybridized carbons (Fsp3) is 0.400. The third-order valence-electron chi connectivity index (χ3n) is 1.84. The normalized spacial score (nSPS) is 11.5. The number of nitriles is 1. The summed E-state index contributed by atoms with van der Waals surface area (Å²) in [5.41, 5.74) is 0. The average molecular weight is 224 g/mol. The fourth-order valence-corrected chi connectivity index (χ4v) is 1.77. The second-order valence-electron chi connectivity index (χ2n) is 3.06. The van der Waals surface area contributed by atoms with E-state index in [0.29, 0.717) is 17.2 Å². The number of hydrogen-bond donors (Lipinski definition) is 1. The van der Waals surface area contributed by atoms with Gasteiger partial charge in [0.05, 0.1) is 19.1 Å². The smallest absolute Gasteiger partial charge is 0.265 e. The molecule has 1 rings (SSSR count). The van der Waals surface area contributed by atoms with Gasteiger partial charge in [-0.2, -0.15) is 5.26 Å². The minimum absolute atomic E-state index is 0.181. The van der Waals surface area contributed by atoms with Gasteiger partial charge in [-0.25, -0.2) is 0 Å². The summed E-state index contributed by atoms with van der Waals surface area (Å²) in [5.74, 6) is 0.200. The van der Waals surface area contributed by atoms with Crippen LogP contribution in [0.2, 0.25) is 0 Å². The highest BCUT2D eigenvalue weighted by atomic mass is 32.1. The molecule has 80 valence electrons. The van der Waals surface area contributed by atoms with Crippen LogP contribution in [0.15, 0.2) is 11.4 Å². The number of nitrogens with one attached hydrogen (secondary N) is 1. The molecule has 0 spiro atoms. The van der Waals surface area contributed by atoms with Crippen molar-refractivity contribution in [3.63, 3.8) is 0 Å². The van der Waals surface area contributed by atoms with Crippen molar-refractivity contribution in [3.05, 3.63) is 16.3 Å². The Morgan fingerprint density at radius 1 is 1.80 bits per heavy atom. The molecule has 1 N–H and O–H groups in total. The number of ether oxygens (including phenoxy) is 1. The zero-order valence-electron chi connectivity index (χ0n) is 8.61. The summed E-state index contributed by atoms with van der Waals surface area (Å²) in [5, 5.41) is 13.0. The first-order valence-corrected chi connectivity index (χ1v) is 5.36. The van der Waals surface area contributed by atoms with Crippen LogP contribution in [0.3, 0.4) is 0 Å². The van der Waals surface area contributed by atoms with E-state index in [-0.39, 0.29) is 11.8 Å². The van der Waals surface area contributed by atoms with E-state index in [4.69, 9.17) is 10.00 Å². The Labute approximate surface area is 92.5 Å². The van der Waals surface area contributed by atoms with Crippen LogP contribution in [0.1, 0.15) is 16.6 Å². The molecule has 0 radical (unpaired) electrons. The van der Waals surface area contributed by atoms with Crippen LogP contribution in [0.5, 0.6) is 5.75 Å². The molecule has 1 amide bonds. The van der Waals surface area contributed by atoms with Gasteiger partial charge in [-0.15, -0.1) is 11.3 Å². The molecule has 1 unspecified atom stereocenters. The second kappa shape index (κ2) is 5.37. The molecule has 0 aliphatic heterocycles. The fourth-order valence-electron chi connectivity index (χ4n) is 0.995. The number of rotatable bonds is 4. The lowest BCUT2D eigenvalue weighted by Gasteiger charge is -2.05. The molecule has 0 saturated carbocycles. The van der Waals surface area contributed by atoms with Crippen molar-refractivity contribution < 1.29 is 9.53 Å². The Kier molecular flexibility index (Phi) is 4.13. The highest BCUT2D eigenvalue weighted by Crippen LogP contribution is 2.23. The average Bonchev–Trinajstić information content (AvgIpc) is 2.73. The topological polar surface area (TPSA) is 62.1 Å². The summed E-state index contributed by atoms with van der Waals surface area (Å²) < 4.78 is 5.02. The highest BCUT2D eigenvalue weighted by Gasteiger charge is 2.13. The molecule has 1 heterocycles. The van der Waals surface area contributed by atoms with Crippen LogP contribution >= 0.6 is 11.3 Å². The molecular weight excluding hydrogens is 212 g/mol. The molecule has 0 saturated heterocycles. The first-order chi connectivity index (χ1) is 7.19. The zero-order chi connectivity index (χ0) is 11.3. The molecule has 4 nitrogen and oxygen atoms in total. The maximum Gasteiger partial charge on any atom is 0.265 e. The van der Waals surface area contributed by atoms with Crippen LogP contribution in [0.4, 0.5) is 0 Å². The van der Waals surface area contributed by atoms with E-state index in [1.165, 1.54) is 18.4 Å². The molecule has 1 atom stereocenters. The quantitative estimate of drug-likeness (QED) is 0.845. The lowest BCUT2D eigenvalue weighted by molar-refractivity contribution is 0.0952. The van der Waals surface area contributed by atoms with E-state index in [1.807, 2.05) is 0 Å². The molecule has 0 fully saturated rings. The van der Waals surface area contributed by atoms with Gasteiger partial charge in [0.15, 0.2) is 0 Å². The molecular formula is C10H12N2O2S. The predicted molar refractivity (Wildman–Crippen MR) is 58.0 cm³/mol. The number of hydrogen-bond acceptors (Lipinski definition) is 4. The van der Waals surface area contributed by atoms with Crippen LogP contribution < -0.4 is 10.1 Å². The molecule has 0 bridgehead atoms. The van der Waals surface area contributed by atoms with Crippen molar-refractivity contribution in [2.24, 2.45) is 5.92 Å². The van der Waals surface area contributed by atoms with Gasteiger partial charge >= 0.3 is 0 Å². The number of carbonyl (C=O) groups is 1. The van der Waals surface area contributed by atoms with E-state index in [9.17, 15) is 4.79 Å². The first kappa shape index (κ1) is 11.5. The van der Waals surface area contributed by atoms with Crippen molar-refractivity contribution in [1.29, 1.82) is 5.26 Å². The monoisotopic (exact) mass is 224 g/mol. The minimum Gasteiger partial charge on any atom is -0.495 e. The van der Waals surface area contributed by atoms with Gasteiger partial charge in [0.1, 0.15) is 10.6 Å². The van der Waals surface area contributed by atoms with Gasteiger partial charge in [0.25, 0.3) is 5.91 Å². The summed E-state index contributed by atoms with van der Waals surface area (Å²) in [6.45, 7) is 2.11. The Hall–Kier alpha value is -1.54. The largest absolute Gasteiger partial charge is 0.495 e. The van der Waals surface area contributed by atoms with E-state index in [0.717, 1.165) is 0 Å². The number of methoxy groups -OCH3 is 1. The lowest BCUT2D eigenvalue weighted by atomic mass is 10.2. The Morgan fingerprint density at radius 2 is 2.53 bits per heavy atom. The molecule has 0 aliphatic rings. The van der Waals surface area contributed by atoms with Crippen LogP contribution in [0.25, 0.3) is 0 Å². The van der Waals surface area contributed by atoms with Gasteiger partial charge in [-0.1, -0.05) is 0 Å². The maximum absolute atomic E-state index is 11.6. The van der Waals surface area contributed by atoms with E-state index in [2.05, 4.69) is 11.4 Å². The van der Waals surface area contributed by atoms with Crippen molar-refractivity contribution in [2.75, 3.05) is 13.7 Å². The molecule has 5 heteroatoms. The summed E-state index contributed by atoms with van der Waals surface area (Å²) in [4.78, 5) is 12.2. The van der Waals surface area contributed by atoms with Crippen LogP contribution in [-0.4, -0.2) is 19.6 Å². The number of thiophene rings is 1. The highest BCUT2D eigenvalue weighted by molar-refractivity contribution is 7.12. The SMILES string of the molecule is COc1ccsc1C(=O)NCC(C)C#N. The number of amides is 1. The number of carbonyl (C=O) groups excluding carboxylic acids is 1. The lowest BCUT2D eigenvalue weighted by Crippen LogP contribution is -2.27. The van der Waals surface area contributed by atoms with Gasteiger partial charge < -0.3 is 10.1 Å². The van der Waals surface area contributed by atoms with Crippen LogP contribution in [-0.2, 0) is 0 Å². The Morgan fingerprint density at radius 3 is 3.13 bits per heavy atom. The van der Waals surface area contributed by atoms with Crippen molar-refractivity contribution in [3.8, 4) is 11.8 Å². The third kappa shape index (κ3) is 2.96. The summed E-state index contributed by atoms with van der Waals surface area (Å²) in [7, 11) is 1.52. The standard InChI is InChI=1S/C10H12N2O2S/c1-7(5-11)6-12-10(13)9-8(14-2)3-4-15-9/h3-4,7H,6H2,1-2H3,(H,12,13). The van der Waals surface area contributed by atoms with Crippen LogP contribution in [0, 0.1) is 17.2 Å². The zero-order valence-corrected chi connectivity index (χ0v) is 9.43. The Bertz CT molecular complexity index is 381. The summed E-state index contributed by atoms with van der Waals surface area (Å²) >= 11 is 1.32. The number of nitrogens with zero attached hydrogens (tertiary/aromatic N) is 1. The van der Waals surface area contributed by atoms with Crippen molar-refractivity contribution in [1.82, 2.24) is 5.32 Å². The summed E-state index contributed by atoms with van der Waals surface area (Å²) in [6, 6.07) is 3.79. The van der Waals surface area contributed by atoms with E-state index in [1.54, 1.807) is 18.4 Å². The molecule has 0 aromatic carbocycles. The first-order valence-electron chi connectivity index (χ1n) is 4.48. The molecule has 15 heavy (non-hydrogen) atoms. The third-order valence-corrected chi connectivity index (χ3v) is 2.74. The molecule has 1 aromatic heterocycles. The summed E-state index contributed by atoms with van der Waals surface area (Å²) in [6.07, 6.45) is 0. The molecule has 0 aliphatic carbocycles.